The molecule has 11 heteroatoms. The van der Waals surface area contributed by atoms with E-state index in [0.717, 1.165) is 24.6 Å². The van der Waals surface area contributed by atoms with Crippen LogP contribution in [-0.2, 0) is 26.2 Å². The van der Waals surface area contributed by atoms with Gasteiger partial charge in [0.1, 0.15) is 27.2 Å². The highest BCUT2D eigenvalue weighted by Gasteiger charge is 2.47. The fourth-order valence-electron chi connectivity index (χ4n) is 4.19. The van der Waals surface area contributed by atoms with Crippen molar-refractivity contribution in [2.45, 2.75) is 36.9 Å². The van der Waals surface area contributed by atoms with Gasteiger partial charge in [-0.1, -0.05) is 47.7 Å². The van der Waals surface area contributed by atoms with E-state index in [1.807, 2.05) is 30.3 Å². The number of nitrogens with two attached hydrogens (primary N) is 1. The largest absolute Gasteiger partial charge is 0.491 e. The lowest BCUT2D eigenvalue weighted by Crippen LogP contribution is -2.38. The standard InChI is InChI=1S/C26H19F4N3O3S/c27-17-12-14(13-18(31)23(34)36-24(35)26(28,29)30)6-7-16(17)21-32-19-8-9-20(33-22(19)37-21)25(10-11-25)15-4-2-1-3-5-15/h1-9,12,18H,10-11,13,31H2/t18-/m1/s1. The third kappa shape index (κ3) is 4.96. The molecule has 2 N–H and O–H groups in total. The summed E-state index contributed by atoms with van der Waals surface area (Å²) in [6.07, 6.45) is -3.65. The van der Waals surface area contributed by atoms with Gasteiger partial charge in [0.05, 0.1) is 5.69 Å². The lowest BCUT2D eigenvalue weighted by Gasteiger charge is -2.14. The molecule has 1 saturated carbocycles. The minimum atomic E-state index is -5.32. The van der Waals surface area contributed by atoms with E-state index in [2.05, 4.69) is 21.9 Å². The molecule has 0 spiro atoms. The van der Waals surface area contributed by atoms with Crippen LogP contribution < -0.4 is 5.73 Å². The molecule has 2 heterocycles. The van der Waals surface area contributed by atoms with Gasteiger partial charge in [-0.25, -0.2) is 23.9 Å². The van der Waals surface area contributed by atoms with Gasteiger partial charge in [0.15, 0.2) is 0 Å². The Hall–Kier alpha value is -3.70. The number of benzene rings is 2. The quantitative estimate of drug-likeness (QED) is 0.213. The lowest BCUT2D eigenvalue weighted by molar-refractivity contribution is -0.202. The molecule has 1 aliphatic carbocycles. The zero-order valence-corrected chi connectivity index (χ0v) is 19.9. The molecular formula is C26H19F4N3O3S. The van der Waals surface area contributed by atoms with Crippen LogP contribution in [0.25, 0.3) is 20.9 Å². The van der Waals surface area contributed by atoms with Gasteiger partial charge in [-0.3, -0.25) is 0 Å². The van der Waals surface area contributed by atoms with Gasteiger partial charge in [-0.2, -0.15) is 13.2 Å². The Morgan fingerprint density at radius 1 is 1.05 bits per heavy atom. The van der Waals surface area contributed by atoms with Crippen molar-refractivity contribution in [2.75, 3.05) is 0 Å². The predicted molar refractivity (Wildman–Crippen MR) is 128 cm³/mol. The van der Waals surface area contributed by atoms with Crippen LogP contribution in [0.15, 0.2) is 60.7 Å². The van der Waals surface area contributed by atoms with Gasteiger partial charge in [0.2, 0.25) is 0 Å². The van der Waals surface area contributed by atoms with Crippen molar-refractivity contribution in [3.05, 3.63) is 83.3 Å². The number of hydrogen-bond donors (Lipinski definition) is 1. The molecule has 1 fully saturated rings. The topological polar surface area (TPSA) is 95.2 Å². The summed E-state index contributed by atoms with van der Waals surface area (Å²) in [7, 11) is 0. The van der Waals surface area contributed by atoms with E-state index < -0.39 is 30.0 Å². The molecule has 190 valence electrons. The second-order valence-electron chi connectivity index (χ2n) is 8.82. The molecule has 0 radical (unpaired) electrons. The molecule has 0 amide bonds. The van der Waals surface area contributed by atoms with E-state index in [1.165, 1.54) is 29.0 Å². The van der Waals surface area contributed by atoms with Crippen LogP contribution in [0.1, 0.15) is 29.7 Å². The minimum Gasteiger partial charge on any atom is -0.385 e. The van der Waals surface area contributed by atoms with Gasteiger partial charge in [-0.15, -0.1) is 0 Å². The maximum atomic E-state index is 15.0. The zero-order chi connectivity index (χ0) is 26.4. The van der Waals surface area contributed by atoms with E-state index in [-0.39, 0.29) is 23.0 Å². The summed E-state index contributed by atoms with van der Waals surface area (Å²) in [5.74, 6) is -4.85. The third-order valence-corrected chi connectivity index (χ3v) is 7.27. The van der Waals surface area contributed by atoms with Crippen LogP contribution in [0.3, 0.4) is 0 Å². The Labute approximate surface area is 212 Å². The number of fused-ring (bicyclic) bond motifs is 1. The van der Waals surface area contributed by atoms with Gasteiger partial charge < -0.3 is 10.5 Å². The highest BCUT2D eigenvalue weighted by Crippen LogP contribution is 2.53. The number of esters is 2. The Kier molecular flexibility index (Phi) is 6.28. The number of hydrogen-bond acceptors (Lipinski definition) is 7. The smallest absolute Gasteiger partial charge is 0.385 e. The number of ether oxygens (including phenoxy) is 1. The Morgan fingerprint density at radius 2 is 1.78 bits per heavy atom. The predicted octanol–water partition coefficient (Wildman–Crippen LogP) is 5.08. The molecular weight excluding hydrogens is 510 g/mol. The van der Waals surface area contributed by atoms with E-state index >= 15 is 0 Å². The molecule has 1 aliphatic rings. The normalized spacial score (nSPS) is 15.4. The first-order valence-electron chi connectivity index (χ1n) is 11.3. The molecule has 2 aromatic heterocycles. The van der Waals surface area contributed by atoms with Crippen molar-refractivity contribution in [1.29, 1.82) is 0 Å². The zero-order valence-electron chi connectivity index (χ0n) is 19.1. The van der Waals surface area contributed by atoms with E-state index in [1.54, 1.807) is 0 Å². The van der Waals surface area contributed by atoms with Crippen molar-refractivity contribution in [3.8, 4) is 10.6 Å². The maximum Gasteiger partial charge on any atom is 0.491 e. The first-order chi connectivity index (χ1) is 17.6. The number of aromatic nitrogens is 2. The molecule has 0 unspecified atom stereocenters. The van der Waals surface area contributed by atoms with Gasteiger partial charge in [0, 0.05) is 11.0 Å². The summed E-state index contributed by atoms with van der Waals surface area (Å²) in [5.41, 5.74) is 8.68. The van der Waals surface area contributed by atoms with Crippen molar-refractivity contribution in [2.24, 2.45) is 5.73 Å². The minimum absolute atomic E-state index is 0.114. The molecule has 2 aromatic carbocycles. The van der Waals surface area contributed by atoms with Gasteiger partial charge in [-0.05, 0) is 54.7 Å². The SMILES string of the molecule is N[C@H](Cc1ccc(-c2nc3ccc(C4(c5ccccc5)CC4)nc3s2)c(F)c1)C(=O)OC(=O)C(F)(F)F. The second-order valence-corrected chi connectivity index (χ2v) is 9.80. The van der Waals surface area contributed by atoms with Crippen molar-refractivity contribution in [3.63, 3.8) is 0 Å². The number of thiazole rings is 1. The molecule has 6 nitrogen and oxygen atoms in total. The highest BCUT2D eigenvalue weighted by molar-refractivity contribution is 7.21. The summed E-state index contributed by atoms with van der Waals surface area (Å²) >= 11 is 1.25. The van der Waals surface area contributed by atoms with Crippen LogP contribution >= 0.6 is 11.3 Å². The average Bonchev–Trinajstić information content (AvgIpc) is 3.57. The third-order valence-electron chi connectivity index (χ3n) is 6.27. The van der Waals surface area contributed by atoms with E-state index in [4.69, 9.17) is 10.7 Å². The first kappa shape index (κ1) is 25.0. The molecule has 0 aliphatic heterocycles. The molecule has 0 bridgehead atoms. The Morgan fingerprint density at radius 3 is 2.43 bits per heavy atom. The highest BCUT2D eigenvalue weighted by atomic mass is 32.1. The molecule has 1 atom stereocenters. The number of alkyl halides is 3. The summed E-state index contributed by atoms with van der Waals surface area (Å²) in [4.78, 5) is 32.5. The number of pyridine rings is 1. The lowest BCUT2D eigenvalue weighted by atomic mass is 9.92. The summed E-state index contributed by atoms with van der Waals surface area (Å²) in [6.45, 7) is 0. The summed E-state index contributed by atoms with van der Waals surface area (Å²) in [5, 5.41) is 0.410. The molecule has 0 saturated heterocycles. The molecule has 5 rings (SSSR count). The van der Waals surface area contributed by atoms with Gasteiger partial charge in [0.25, 0.3) is 0 Å². The first-order valence-corrected chi connectivity index (χ1v) is 12.1. The van der Waals surface area contributed by atoms with E-state index in [9.17, 15) is 27.2 Å². The number of carbonyl (C=O) groups is 2. The van der Waals surface area contributed by atoms with Crippen LogP contribution in [0, 0.1) is 5.82 Å². The van der Waals surface area contributed by atoms with E-state index in [0.29, 0.717) is 15.4 Å². The van der Waals surface area contributed by atoms with Crippen molar-refractivity contribution >= 4 is 33.6 Å². The van der Waals surface area contributed by atoms with Crippen LogP contribution in [-0.4, -0.2) is 34.1 Å². The fraction of sp³-hybridized carbons (Fsp3) is 0.231. The summed E-state index contributed by atoms with van der Waals surface area (Å²) < 4.78 is 55.5. The number of carbonyl (C=O) groups excluding carboxylic acids is 2. The number of rotatable bonds is 6. The van der Waals surface area contributed by atoms with Crippen molar-refractivity contribution in [1.82, 2.24) is 9.97 Å². The number of halogens is 4. The maximum absolute atomic E-state index is 15.0. The molecule has 37 heavy (non-hydrogen) atoms. The number of nitrogens with zero attached hydrogens (tertiary/aromatic N) is 2. The van der Waals surface area contributed by atoms with Crippen LogP contribution in [0.2, 0.25) is 0 Å². The van der Waals surface area contributed by atoms with Crippen molar-refractivity contribution < 1.29 is 31.9 Å². The van der Waals surface area contributed by atoms with Gasteiger partial charge >= 0.3 is 18.1 Å². The monoisotopic (exact) mass is 529 g/mol. The summed E-state index contributed by atoms with van der Waals surface area (Å²) in [6, 6.07) is 16.5. The Bertz CT molecular complexity index is 1500. The van der Waals surface area contributed by atoms with Crippen LogP contribution in [0.4, 0.5) is 17.6 Å². The fourth-order valence-corrected chi connectivity index (χ4v) is 5.16. The van der Waals surface area contributed by atoms with Crippen LogP contribution in [0.5, 0.6) is 0 Å². The second kappa shape index (κ2) is 9.31. The Balaban J connectivity index is 1.34. The molecule has 4 aromatic rings. The average molecular weight is 530 g/mol.